The Balaban J connectivity index is 3.14. The molecule has 4 heteroatoms. The summed E-state index contributed by atoms with van der Waals surface area (Å²) in [4.78, 5) is 10.4. The van der Waals surface area contributed by atoms with Crippen molar-refractivity contribution in [3.8, 4) is 0 Å². The SMILES string of the molecule is CCSCCSCC(C)C(=O)O. The highest BCUT2D eigenvalue weighted by Gasteiger charge is 2.09. The molecule has 0 radical (unpaired) electrons. The second-order valence-corrected chi connectivity index (χ2v) is 5.05. The normalized spacial score (nSPS) is 12.8. The van der Waals surface area contributed by atoms with Crippen molar-refractivity contribution in [1.82, 2.24) is 0 Å². The fraction of sp³-hybridized carbons (Fsp3) is 0.875. The predicted molar refractivity (Wildman–Crippen MR) is 57.1 cm³/mol. The molecule has 0 saturated carbocycles. The van der Waals surface area contributed by atoms with Gasteiger partial charge < -0.3 is 5.11 Å². The highest BCUT2D eigenvalue weighted by atomic mass is 32.2. The number of carboxylic acids is 1. The quantitative estimate of drug-likeness (QED) is 0.651. The van der Waals surface area contributed by atoms with Crippen molar-refractivity contribution in [2.45, 2.75) is 13.8 Å². The molecule has 0 aromatic carbocycles. The minimum Gasteiger partial charge on any atom is -0.481 e. The molecular formula is C8H16O2S2. The van der Waals surface area contributed by atoms with Gasteiger partial charge in [-0.15, -0.1) is 0 Å². The van der Waals surface area contributed by atoms with Crippen molar-refractivity contribution in [2.75, 3.05) is 23.0 Å². The molecule has 0 aliphatic rings. The molecule has 0 amide bonds. The summed E-state index contributed by atoms with van der Waals surface area (Å²) in [6.07, 6.45) is 0. The molecular weight excluding hydrogens is 192 g/mol. The Morgan fingerprint density at radius 2 is 2.00 bits per heavy atom. The average molecular weight is 208 g/mol. The van der Waals surface area contributed by atoms with Gasteiger partial charge in [0.25, 0.3) is 0 Å². The average Bonchev–Trinajstić information content (AvgIpc) is 2.03. The Hall–Kier alpha value is 0.170. The third kappa shape index (κ3) is 6.85. The van der Waals surface area contributed by atoms with Crippen LogP contribution in [0.2, 0.25) is 0 Å². The molecule has 1 N–H and O–H groups in total. The van der Waals surface area contributed by atoms with E-state index < -0.39 is 5.97 Å². The molecule has 0 aliphatic heterocycles. The van der Waals surface area contributed by atoms with Crippen LogP contribution in [0.25, 0.3) is 0 Å². The number of hydrogen-bond acceptors (Lipinski definition) is 3. The zero-order valence-corrected chi connectivity index (χ0v) is 9.21. The minimum atomic E-state index is -0.689. The van der Waals surface area contributed by atoms with Gasteiger partial charge in [-0.1, -0.05) is 13.8 Å². The van der Waals surface area contributed by atoms with Crippen LogP contribution in [-0.4, -0.2) is 34.1 Å². The Morgan fingerprint density at radius 3 is 2.50 bits per heavy atom. The van der Waals surface area contributed by atoms with Gasteiger partial charge in [0.05, 0.1) is 5.92 Å². The van der Waals surface area contributed by atoms with E-state index in [4.69, 9.17) is 5.11 Å². The number of thioether (sulfide) groups is 2. The maximum atomic E-state index is 10.4. The molecule has 0 fully saturated rings. The van der Waals surface area contributed by atoms with Crippen molar-refractivity contribution in [1.29, 1.82) is 0 Å². The van der Waals surface area contributed by atoms with Gasteiger partial charge in [-0.2, -0.15) is 23.5 Å². The Kier molecular flexibility index (Phi) is 7.91. The van der Waals surface area contributed by atoms with Gasteiger partial charge in [-0.25, -0.2) is 0 Å². The highest BCUT2D eigenvalue weighted by Crippen LogP contribution is 2.10. The second-order valence-electron chi connectivity index (χ2n) is 2.51. The summed E-state index contributed by atoms with van der Waals surface area (Å²) in [6, 6.07) is 0. The Bertz CT molecular complexity index is 128. The number of carboxylic acid groups (broad SMARTS) is 1. The monoisotopic (exact) mass is 208 g/mol. The van der Waals surface area contributed by atoms with Gasteiger partial charge in [-0.3, -0.25) is 4.79 Å². The zero-order chi connectivity index (χ0) is 9.40. The molecule has 1 atom stereocenters. The van der Waals surface area contributed by atoms with E-state index in [9.17, 15) is 4.79 Å². The van der Waals surface area contributed by atoms with E-state index in [0.29, 0.717) is 0 Å². The highest BCUT2D eigenvalue weighted by molar-refractivity contribution is 8.02. The number of carbonyl (C=O) groups is 1. The molecule has 0 rings (SSSR count). The van der Waals surface area contributed by atoms with Gasteiger partial charge in [0, 0.05) is 17.3 Å². The molecule has 0 bridgehead atoms. The van der Waals surface area contributed by atoms with E-state index in [1.165, 1.54) is 0 Å². The Morgan fingerprint density at radius 1 is 1.42 bits per heavy atom. The first-order chi connectivity index (χ1) is 5.68. The first-order valence-corrected chi connectivity index (χ1v) is 6.37. The minimum absolute atomic E-state index is 0.207. The molecule has 0 saturated heterocycles. The van der Waals surface area contributed by atoms with Crippen LogP contribution >= 0.6 is 23.5 Å². The van der Waals surface area contributed by atoms with E-state index in [1.54, 1.807) is 18.7 Å². The lowest BCUT2D eigenvalue weighted by Crippen LogP contribution is -2.12. The summed E-state index contributed by atoms with van der Waals surface area (Å²) in [5, 5.41) is 8.57. The first-order valence-electron chi connectivity index (χ1n) is 4.06. The molecule has 0 heterocycles. The third-order valence-electron chi connectivity index (χ3n) is 1.37. The first kappa shape index (κ1) is 12.2. The van der Waals surface area contributed by atoms with Gasteiger partial charge in [-0.05, 0) is 5.75 Å². The maximum absolute atomic E-state index is 10.4. The lowest BCUT2D eigenvalue weighted by molar-refractivity contribution is -0.140. The molecule has 0 spiro atoms. The summed E-state index contributed by atoms with van der Waals surface area (Å²) in [7, 11) is 0. The van der Waals surface area contributed by atoms with Crippen molar-refractivity contribution in [2.24, 2.45) is 5.92 Å². The summed E-state index contributed by atoms with van der Waals surface area (Å²) in [5.41, 5.74) is 0. The van der Waals surface area contributed by atoms with E-state index >= 15 is 0 Å². The molecule has 12 heavy (non-hydrogen) atoms. The van der Waals surface area contributed by atoms with E-state index in [0.717, 1.165) is 23.0 Å². The van der Waals surface area contributed by atoms with Gasteiger partial charge in [0.15, 0.2) is 0 Å². The lowest BCUT2D eigenvalue weighted by Gasteiger charge is -2.04. The number of aliphatic carboxylic acids is 1. The van der Waals surface area contributed by atoms with Crippen molar-refractivity contribution in [3.05, 3.63) is 0 Å². The summed E-state index contributed by atoms with van der Waals surface area (Å²) < 4.78 is 0. The molecule has 0 aromatic rings. The predicted octanol–water partition coefficient (Wildman–Crippen LogP) is 2.19. The van der Waals surface area contributed by atoms with E-state index in [1.807, 2.05) is 11.8 Å². The maximum Gasteiger partial charge on any atom is 0.307 e. The lowest BCUT2D eigenvalue weighted by atomic mass is 10.2. The standard InChI is InChI=1S/C8H16O2S2/c1-3-11-4-5-12-6-7(2)8(9)10/h7H,3-6H2,1-2H3,(H,9,10). The van der Waals surface area contributed by atoms with Crippen LogP contribution in [0, 0.1) is 5.92 Å². The zero-order valence-electron chi connectivity index (χ0n) is 7.58. The molecule has 2 nitrogen and oxygen atoms in total. The van der Waals surface area contributed by atoms with E-state index in [2.05, 4.69) is 6.92 Å². The van der Waals surface area contributed by atoms with Crippen LogP contribution < -0.4 is 0 Å². The molecule has 1 unspecified atom stereocenters. The summed E-state index contributed by atoms with van der Waals surface area (Å²) in [6.45, 7) is 3.89. The van der Waals surface area contributed by atoms with Crippen LogP contribution in [0.1, 0.15) is 13.8 Å². The van der Waals surface area contributed by atoms with Crippen molar-refractivity contribution >= 4 is 29.5 Å². The largest absolute Gasteiger partial charge is 0.481 e. The molecule has 0 aromatic heterocycles. The molecule has 0 aliphatic carbocycles. The van der Waals surface area contributed by atoms with E-state index in [-0.39, 0.29) is 5.92 Å². The van der Waals surface area contributed by atoms with Crippen LogP contribution in [0.15, 0.2) is 0 Å². The number of hydrogen-bond donors (Lipinski definition) is 1. The topological polar surface area (TPSA) is 37.3 Å². The van der Waals surface area contributed by atoms with Crippen LogP contribution in [0.4, 0.5) is 0 Å². The van der Waals surface area contributed by atoms with Crippen LogP contribution in [0.3, 0.4) is 0 Å². The van der Waals surface area contributed by atoms with Crippen molar-refractivity contribution in [3.63, 3.8) is 0 Å². The van der Waals surface area contributed by atoms with Gasteiger partial charge in [0.1, 0.15) is 0 Å². The third-order valence-corrected chi connectivity index (χ3v) is 3.75. The Labute approximate surface area is 82.5 Å². The van der Waals surface area contributed by atoms with Crippen LogP contribution in [-0.2, 0) is 4.79 Å². The summed E-state index contributed by atoms with van der Waals surface area (Å²) >= 11 is 3.63. The van der Waals surface area contributed by atoms with Crippen LogP contribution in [0.5, 0.6) is 0 Å². The fourth-order valence-corrected chi connectivity index (χ4v) is 2.49. The van der Waals surface area contributed by atoms with Gasteiger partial charge in [0.2, 0.25) is 0 Å². The summed E-state index contributed by atoms with van der Waals surface area (Å²) in [5.74, 6) is 3.19. The van der Waals surface area contributed by atoms with Crippen molar-refractivity contribution < 1.29 is 9.90 Å². The fourth-order valence-electron chi connectivity index (χ4n) is 0.594. The van der Waals surface area contributed by atoms with Gasteiger partial charge >= 0.3 is 5.97 Å². The second kappa shape index (κ2) is 7.80. The number of rotatable bonds is 7. The smallest absolute Gasteiger partial charge is 0.307 e. The molecule has 72 valence electrons.